The van der Waals surface area contributed by atoms with Gasteiger partial charge in [0, 0.05) is 74.7 Å². The van der Waals surface area contributed by atoms with Gasteiger partial charge in [-0.15, -0.1) is 0 Å². The number of nitrogens with zero attached hydrogens (tertiary/aromatic N) is 9. The molecule has 1 fully saturated rings. The summed E-state index contributed by atoms with van der Waals surface area (Å²) in [5, 5.41) is 8.66. The molecule has 12 heteroatoms. The number of nitrogens with two attached hydrogens (primary N) is 2. The molecule has 11 nitrogen and oxygen atoms in total. The molecule has 1 saturated heterocycles. The van der Waals surface area contributed by atoms with Crippen molar-refractivity contribution >= 4 is 17.3 Å². The molecule has 4 aromatic heterocycles. The zero-order valence-corrected chi connectivity index (χ0v) is 25.3. The highest BCUT2D eigenvalue weighted by atomic mass is 19.1. The Morgan fingerprint density at radius 1 is 0.762 bits per heavy atom. The lowest BCUT2D eigenvalue weighted by atomic mass is 10.0. The molecule has 1 unspecified atom stereocenters. The SMILES string of the molecule is CC.CC.CN.Cn1cc(-c2cc3c(N4CCN(c5ncc(C(N)c6ccc(F)cc6)cn5)CC4)ncnn3c2)cn1. The van der Waals surface area contributed by atoms with Crippen molar-refractivity contribution in [3.05, 3.63) is 84.6 Å². The number of halogens is 1. The molecular formula is C30H42FN11. The second kappa shape index (κ2) is 15.5. The smallest absolute Gasteiger partial charge is 0.225 e. The van der Waals surface area contributed by atoms with Crippen molar-refractivity contribution in [2.45, 2.75) is 33.7 Å². The standard InChI is InChI=1S/C25H25FN10.2C2H6.CH5N/c1-33-14-20(13-31-33)18-10-22-24(30-16-32-36(22)15-18)34-6-8-35(9-7-34)25-28-11-19(12-29-25)23(27)17-2-4-21(26)5-3-17;3*1-2/h2-5,10-16,23H,6-9,27H2,1H3;2*1-2H3;2H2,1H3. The molecule has 6 rings (SSSR count). The summed E-state index contributed by atoms with van der Waals surface area (Å²) in [4.78, 5) is 18.1. The number of anilines is 2. The maximum atomic E-state index is 13.2. The Morgan fingerprint density at radius 2 is 1.38 bits per heavy atom. The van der Waals surface area contributed by atoms with Crippen LogP contribution in [0.2, 0.25) is 0 Å². The van der Waals surface area contributed by atoms with Crippen molar-refractivity contribution in [1.29, 1.82) is 0 Å². The number of piperazine rings is 1. The van der Waals surface area contributed by atoms with E-state index >= 15 is 0 Å². The second-order valence-electron chi connectivity index (χ2n) is 8.86. The largest absolute Gasteiger partial charge is 0.351 e. The highest BCUT2D eigenvalue weighted by molar-refractivity contribution is 5.77. The van der Waals surface area contributed by atoms with E-state index in [0.29, 0.717) is 5.95 Å². The van der Waals surface area contributed by atoms with E-state index < -0.39 is 6.04 Å². The monoisotopic (exact) mass is 575 g/mol. The second-order valence-corrected chi connectivity index (χ2v) is 8.86. The number of hydrogen-bond donors (Lipinski definition) is 2. The molecule has 4 N–H and O–H groups in total. The van der Waals surface area contributed by atoms with Gasteiger partial charge in [-0.1, -0.05) is 39.8 Å². The fourth-order valence-electron chi connectivity index (χ4n) is 4.52. The van der Waals surface area contributed by atoms with Crippen molar-refractivity contribution in [3.8, 4) is 11.1 Å². The predicted octanol–water partition coefficient (Wildman–Crippen LogP) is 4.06. The molecule has 0 amide bonds. The molecule has 5 aromatic rings. The first-order chi connectivity index (χ1) is 20.5. The van der Waals surface area contributed by atoms with Gasteiger partial charge in [-0.05, 0) is 30.8 Å². The highest BCUT2D eigenvalue weighted by Gasteiger charge is 2.23. The van der Waals surface area contributed by atoms with E-state index in [1.165, 1.54) is 19.2 Å². The summed E-state index contributed by atoms with van der Waals surface area (Å²) in [5.74, 6) is 1.28. The maximum absolute atomic E-state index is 13.2. The van der Waals surface area contributed by atoms with E-state index in [4.69, 9.17) is 5.73 Å². The van der Waals surface area contributed by atoms with Crippen molar-refractivity contribution < 1.29 is 4.39 Å². The summed E-state index contributed by atoms with van der Waals surface area (Å²) in [5.41, 5.74) is 15.5. The van der Waals surface area contributed by atoms with Gasteiger partial charge in [-0.25, -0.2) is 23.9 Å². The first-order valence-electron chi connectivity index (χ1n) is 14.3. The fourth-order valence-corrected chi connectivity index (χ4v) is 4.52. The molecule has 5 heterocycles. The zero-order chi connectivity index (χ0) is 30.6. The molecule has 0 aliphatic carbocycles. The molecule has 1 atom stereocenters. The van der Waals surface area contributed by atoms with Crippen LogP contribution in [0, 0.1) is 5.82 Å². The first kappa shape index (κ1) is 32.1. The summed E-state index contributed by atoms with van der Waals surface area (Å²) in [6, 6.07) is 7.87. The lowest BCUT2D eigenvalue weighted by Gasteiger charge is -2.35. The van der Waals surface area contributed by atoms with E-state index in [1.807, 2.05) is 57.8 Å². The van der Waals surface area contributed by atoms with E-state index in [9.17, 15) is 4.39 Å². The minimum atomic E-state index is -0.407. The van der Waals surface area contributed by atoms with Gasteiger partial charge in [0.1, 0.15) is 17.7 Å². The summed E-state index contributed by atoms with van der Waals surface area (Å²) < 4.78 is 16.9. The number of aryl methyl sites for hydroxylation is 1. The summed E-state index contributed by atoms with van der Waals surface area (Å²) >= 11 is 0. The normalized spacial score (nSPS) is 13.3. The number of benzene rings is 1. The van der Waals surface area contributed by atoms with Crippen LogP contribution in [0.1, 0.15) is 44.9 Å². The van der Waals surface area contributed by atoms with Crippen LogP contribution in [0.3, 0.4) is 0 Å². The quantitative estimate of drug-likeness (QED) is 0.318. The molecule has 0 saturated carbocycles. The van der Waals surface area contributed by atoms with Gasteiger partial charge < -0.3 is 21.3 Å². The third kappa shape index (κ3) is 7.25. The molecule has 1 aromatic carbocycles. The van der Waals surface area contributed by atoms with Gasteiger partial charge in [0.15, 0.2) is 5.82 Å². The van der Waals surface area contributed by atoms with Crippen molar-refractivity contribution in [2.75, 3.05) is 43.0 Å². The van der Waals surface area contributed by atoms with Crippen LogP contribution in [0.15, 0.2) is 67.6 Å². The molecule has 1 aliphatic heterocycles. The Bertz CT molecular complexity index is 1490. The minimum Gasteiger partial charge on any atom is -0.351 e. The van der Waals surface area contributed by atoms with Crippen molar-refractivity contribution in [2.24, 2.45) is 18.5 Å². The fraction of sp³-hybridized carbons (Fsp3) is 0.367. The molecule has 0 spiro atoms. The van der Waals surface area contributed by atoms with Gasteiger partial charge in [0.25, 0.3) is 0 Å². The molecule has 0 bridgehead atoms. The summed E-state index contributed by atoms with van der Waals surface area (Å²) in [7, 11) is 3.40. The average molecular weight is 576 g/mol. The van der Waals surface area contributed by atoms with Crippen LogP contribution in [0.5, 0.6) is 0 Å². The van der Waals surface area contributed by atoms with Crippen LogP contribution in [-0.2, 0) is 7.05 Å². The van der Waals surface area contributed by atoms with E-state index in [2.05, 4.69) is 46.7 Å². The molecule has 1 aliphatic rings. The van der Waals surface area contributed by atoms with Crippen LogP contribution in [0.25, 0.3) is 16.6 Å². The molecule has 0 radical (unpaired) electrons. The maximum Gasteiger partial charge on any atom is 0.225 e. The van der Waals surface area contributed by atoms with Gasteiger partial charge in [-0.2, -0.15) is 10.2 Å². The first-order valence-corrected chi connectivity index (χ1v) is 14.3. The lowest BCUT2D eigenvalue weighted by Crippen LogP contribution is -2.47. The topological polar surface area (TPSA) is 132 Å². The van der Waals surface area contributed by atoms with Gasteiger partial charge in [-0.3, -0.25) is 4.68 Å². The Hall–Kier alpha value is -4.42. The Kier molecular flexibility index (Phi) is 11.9. The van der Waals surface area contributed by atoms with E-state index in [-0.39, 0.29) is 5.82 Å². The van der Waals surface area contributed by atoms with Gasteiger partial charge in [0.2, 0.25) is 5.95 Å². The van der Waals surface area contributed by atoms with Crippen molar-refractivity contribution in [3.63, 3.8) is 0 Å². The zero-order valence-electron chi connectivity index (χ0n) is 25.3. The van der Waals surface area contributed by atoms with Crippen LogP contribution < -0.4 is 21.3 Å². The van der Waals surface area contributed by atoms with Crippen LogP contribution >= 0.6 is 0 Å². The Labute approximate surface area is 247 Å². The van der Waals surface area contributed by atoms with Crippen molar-refractivity contribution in [1.82, 2.24) is 34.3 Å². The highest BCUT2D eigenvalue weighted by Crippen LogP contribution is 2.27. The molecular weight excluding hydrogens is 533 g/mol. The minimum absolute atomic E-state index is 0.287. The van der Waals surface area contributed by atoms with E-state index in [0.717, 1.165) is 59.8 Å². The average Bonchev–Trinajstić information content (AvgIpc) is 3.70. The van der Waals surface area contributed by atoms with Gasteiger partial charge >= 0.3 is 0 Å². The third-order valence-corrected chi connectivity index (χ3v) is 6.53. The molecule has 224 valence electrons. The third-order valence-electron chi connectivity index (χ3n) is 6.53. The van der Waals surface area contributed by atoms with E-state index in [1.54, 1.807) is 35.5 Å². The Morgan fingerprint density at radius 3 is 1.98 bits per heavy atom. The lowest BCUT2D eigenvalue weighted by molar-refractivity contribution is 0.626. The molecule has 42 heavy (non-hydrogen) atoms. The van der Waals surface area contributed by atoms with Crippen LogP contribution in [-0.4, -0.2) is 67.6 Å². The van der Waals surface area contributed by atoms with Crippen LogP contribution in [0.4, 0.5) is 16.2 Å². The number of rotatable bonds is 5. The number of aromatic nitrogens is 7. The van der Waals surface area contributed by atoms with Gasteiger partial charge in [0.05, 0.1) is 12.2 Å². The number of hydrogen-bond acceptors (Lipinski definition) is 9. The summed E-state index contributed by atoms with van der Waals surface area (Å²) in [6.07, 6.45) is 10.9. The predicted molar refractivity (Wildman–Crippen MR) is 167 cm³/mol. The Balaban J connectivity index is 0.000000760. The summed E-state index contributed by atoms with van der Waals surface area (Å²) in [6.45, 7) is 11.1. The number of fused-ring (bicyclic) bond motifs is 1.